The van der Waals surface area contributed by atoms with E-state index in [9.17, 15) is 9.59 Å². The molecule has 1 aliphatic heterocycles. The van der Waals surface area contributed by atoms with Gasteiger partial charge in [0.2, 0.25) is 5.91 Å². The van der Waals surface area contributed by atoms with Gasteiger partial charge in [-0.25, -0.2) is 0 Å². The third-order valence-electron chi connectivity index (χ3n) is 2.61. The standard InChI is InChI=1S/C12H14N2O2/c1-8(13)7-14-11(15)6-9-4-2-3-5-10(9)12(14)16/h2-5,8H,6-7,13H2,1H3/t8-/m1/s1. The van der Waals surface area contributed by atoms with Gasteiger partial charge in [0.05, 0.1) is 6.42 Å². The molecule has 0 saturated carbocycles. The van der Waals surface area contributed by atoms with Crippen molar-refractivity contribution >= 4 is 11.8 Å². The molecule has 1 heterocycles. The molecule has 16 heavy (non-hydrogen) atoms. The fourth-order valence-electron chi connectivity index (χ4n) is 1.87. The van der Waals surface area contributed by atoms with Gasteiger partial charge in [0.15, 0.2) is 0 Å². The van der Waals surface area contributed by atoms with Crippen molar-refractivity contribution in [2.45, 2.75) is 19.4 Å². The van der Waals surface area contributed by atoms with E-state index in [0.717, 1.165) is 5.56 Å². The number of imide groups is 1. The van der Waals surface area contributed by atoms with E-state index in [4.69, 9.17) is 5.73 Å². The molecule has 0 bridgehead atoms. The zero-order valence-corrected chi connectivity index (χ0v) is 9.14. The maximum Gasteiger partial charge on any atom is 0.260 e. The van der Waals surface area contributed by atoms with E-state index in [1.807, 2.05) is 12.1 Å². The van der Waals surface area contributed by atoms with Crippen molar-refractivity contribution in [2.24, 2.45) is 5.73 Å². The van der Waals surface area contributed by atoms with Crippen LogP contribution < -0.4 is 5.73 Å². The topological polar surface area (TPSA) is 63.4 Å². The lowest BCUT2D eigenvalue weighted by Gasteiger charge is -2.27. The van der Waals surface area contributed by atoms with Crippen molar-refractivity contribution < 1.29 is 9.59 Å². The molecule has 2 amide bonds. The van der Waals surface area contributed by atoms with Gasteiger partial charge in [-0.3, -0.25) is 14.5 Å². The summed E-state index contributed by atoms with van der Waals surface area (Å²) in [6, 6.07) is 7.00. The Labute approximate surface area is 94.0 Å². The molecule has 0 aliphatic carbocycles. The summed E-state index contributed by atoms with van der Waals surface area (Å²) in [7, 11) is 0. The van der Waals surface area contributed by atoms with E-state index in [-0.39, 0.29) is 30.8 Å². The van der Waals surface area contributed by atoms with Crippen molar-refractivity contribution in [3.8, 4) is 0 Å². The molecule has 0 radical (unpaired) electrons. The normalized spacial score (nSPS) is 17.2. The molecule has 2 rings (SSSR count). The predicted octanol–water partition coefficient (Wildman–Crippen LogP) is 0.559. The number of hydrogen-bond donors (Lipinski definition) is 1. The highest BCUT2D eigenvalue weighted by molar-refractivity contribution is 6.09. The summed E-state index contributed by atoms with van der Waals surface area (Å²) >= 11 is 0. The maximum atomic E-state index is 12.0. The number of hydrogen-bond acceptors (Lipinski definition) is 3. The van der Waals surface area contributed by atoms with E-state index >= 15 is 0 Å². The second kappa shape index (κ2) is 4.06. The molecule has 4 heteroatoms. The van der Waals surface area contributed by atoms with Crippen molar-refractivity contribution in [2.75, 3.05) is 6.54 Å². The molecule has 1 aliphatic rings. The third-order valence-corrected chi connectivity index (χ3v) is 2.61. The van der Waals surface area contributed by atoms with Gasteiger partial charge in [-0.1, -0.05) is 18.2 Å². The largest absolute Gasteiger partial charge is 0.326 e. The molecule has 84 valence electrons. The molecule has 0 saturated heterocycles. The van der Waals surface area contributed by atoms with Gasteiger partial charge in [-0.15, -0.1) is 0 Å². The summed E-state index contributed by atoms with van der Waals surface area (Å²) < 4.78 is 0. The van der Waals surface area contributed by atoms with Gasteiger partial charge < -0.3 is 5.73 Å². The highest BCUT2D eigenvalue weighted by atomic mass is 16.2. The van der Waals surface area contributed by atoms with Crippen LogP contribution in [-0.2, 0) is 11.2 Å². The lowest BCUT2D eigenvalue weighted by Crippen LogP contribution is -2.47. The molecule has 1 atom stereocenters. The Morgan fingerprint density at radius 1 is 1.38 bits per heavy atom. The van der Waals surface area contributed by atoms with Crippen molar-refractivity contribution in [1.29, 1.82) is 0 Å². The minimum Gasteiger partial charge on any atom is -0.326 e. The Morgan fingerprint density at radius 3 is 2.75 bits per heavy atom. The van der Waals surface area contributed by atoms with Crippen LogP contribution in [0.3, 0.4) is 0 Å². The van der Waals surface area contributed by atoms with Gasteiger partial charge in [-0.2, -0.15) is 0 Å². The van der Waals surface area contributed by atoms with Crippen LogP contribution in [0.15, 0.2) is 24.3 Å². The highest BCUT2D eigenvalue weighted by Gasteiger charge is 2.30. The zero-order valence-electron chi connectivity index (χ0n) is 9.14. The summed E-state index contributed by atoms with van der Waals surface area (Å²) in [5, 5.41) is 0. The van der Waals surface area contributed by atoms with Crippen LogP contribution in [0.25, 0.3) is 0 Å². The van der Waals surface area contributed by atoms with Crippen LogP contribution >= 0.6 is 0 Å². The second-order valence-electron chi connectivity index (χ2n) is 4.12. The van der Waals surface area contributed by atoms with Crippen LogP contribution in [0.4, 0.5) is 0 Å². The minimum atomic E-state index is -0.232. The first-order valence-electron chi connectivity index (χ1n) is 5.28. The van der Waals surface area contributed by atoms with Gasteiger partial charge in [0, 0.05) is 18.2 Å². The summed E-state index contributed by atoms with van der Waals surface area (Å²) in [4.78, 5) is 25.0. The molecule has 0 fully saturated rings. The van der Waals surface area contributed by atoms with E-state index in [2.05, 4.69) is 0 Å². The summed E-state index contributed by atoms with van der Waals surface area (Å²) in [5.41, 5.74) is 7.04. The molecule has 4 nitrogen and oxygen atoms in total. The fraction of sp³-hybridized carbons (Fsp3) is 0.333. The first-order valence-corrected chi connectivity index (χ1v) is 5.28. The molecule has 0 unspecified atom stereocenters. The first-order chi connectivity index (χ1) is 7.59. The number of nitrogens with two attached hydrogens (primary N) is 1. The number of amides is 2. The molecule has 2 N–H and O–H groups in total. The van der Waals surface area contributed by atoms with Crippen LogP contribution in [0.2, 0.25) is 0 Å². The fourth-order valence-corrected chi connectivity index (χ4v) is 1.87. The average Bonchev–Trinajstić information content (AvgIpc) is 2.24. The van der Waals surface area contributed by atoms with Crippen molar-refractivity contribution in [3.05, 3.63) is 35.4 Å². The molecule has 0 aromatic heterocycles. The Kier molecular flexibility index (Phi) is 2.75. The van der Waals surface area contributed by atoms with E-state index in [1.54, 1.807) is 19.1 Å². The summed E-state index contributed by atoms with van der Waals surface area (Å²) in [6.07, 6.45) is 0.286. The van der Waals surface area contributed by atoms with Crippen molar-refractivity contribution in [3.63, 3.8) is 0 Å². The number of benzene rings is 1. The number of carbonyl (C=O) groups is 2. The number of rotatable bonds is 2. The molecule has 0 spiro atoms. The van der Waals surface area contributed by atoms with Crippen LogP contribution in [0, 0.1) is 0 Å². The second-order valence-corrected chi connectivity index (χ2v) is 4.12. The highest BCUT2D eigenvalue weighted by Crippen LogP contribution is 2.19. The predicted molar refractivity (Wildman–Crippen MR) is 59.8 cm³/mol. The van der Waals surface area contributed by atoms with E-state index in [0.29, 0.717) is 5.56 Å². The first kappa shape index (κ1) is 10.8. The number of carbonyl (C=O) groups excluding carboxylic acids is 2. The van der Waals surface area contributed by atoms with Crippen LogP contribution in [-0.4, -0.2) is 29.3 Å². The molecule has 1 aromatic rings. The molecule has 1 aromatic carbocycles. The van der Waals surface area contributed by atoms with Crippen LogP contribution in [0.1, 0.15) is 22.8 Å². The number of fused-ring (bicyclic) bond motifs is 1. The van der Waals surface area contributed by atoms with Gasteiger partial charge in [0.25, 0.3) is 5.91 Å². The zero-order chi connectivity index (χ0) is 11.7. The smallest absolute Gasteiger partial charge is 0.260 e. The number of nitrogens with zero attached hydrogens (tertiary/aromatic N) is 1. The lowest BCUT2D eigenvalue weighted by atomic mass is 9.98. The average molecular weight is 218 g/mol. The van der Waals surface area contributed by atoms with Gasteiger partial charge in [0.1, 0.15) is 0 Å². The lowest BCUT2D eigenvalue weighted by molar-refractivity contribution is -0.128. The molecular weight excluding hydrogens is 204 g/mol. The quantitative estimate of drug-likeness (QED) is 0.738. The van der Waals surface area contributed by atoms with E-state index in [1.165, 1.54) is 4.90 Å². The Morgan fingerprint density at radius 2 is 2.06 bits per heavy atom. The maximum absolute atomic E-state index is 12.0. The molecular formula is C12H14N2O2. The Hall–Kier alpha value is -1.68. The van der Waals surface area contributed by atoms with Gasteiger partial charge in [-0.05, 0) is 18.6 Å². The minimum absolute atomic E-state index is 0.166. The summed E-state index contributed by atoms with van der Waals surface area (Å²) in [5.74, 6) is -0.398. The Bertz CT molecular complexity index is 440. The van der Waals surface area contributed by atoms with E-state index < -0.39 is 0 Å². The monoisotopic (exact) mass is 218 g/mol. The third kappa shape index (κ3) is 1.84. The SMILES string of the molecule is C[C@@H](N)CN1C(=O)Cc2ccccc2C1=O. The van der Waals surface area contributed by atoms with Gasteiger partial charge >= 0.3 is 0 Å². The Balaban J connectivity index is 2.34. The summed E-state index contributed by atoms with van der Waals surface area (Å²) in [6.45, 7) is 2.06. The van der Waals surface area contributed by atoms with Crippen molar-refractivity contribution in [1.82, 2.24) is 4.90 Å². The van der Waals surface area contributed by atoms with Crippen LogP contribution in [0.5, 0.6) is 0 Å².